The van der Waals surface area contributed by atoms with Crippen LogP contribution in [0.15, 0.2) is 23.4 Å². The lowest BCUT2D eigenvalue weighted by atomic mass is 10.2. The largest absolute Gasteiger partial charge is 0.480 e. The fourth-order valence-corrected chi connectivity index (χ4v) is 3.55. The Kier molecular flexibility index (Phi) is 3.83. The van der Waals surface area contributed by atoms with Crippen LogP contribution in [0.25, 0.3) is 0 Å². The van der Waals surface area contributed by atoms with Gasteiger partial charge in [0.05, 0.1) is 0 Å². The molecule has 8 heteroatoms. The highest BCUT2D eigenvalue weighted by Crippen LogP contribution is 2.18. The zero-order valence-corrected chi connectivity index (χ0v) is 11.2. The lowest BCUT2D eigenvalue weighted by Gasteiger charge is -2.32. The van der Waals surface area contributed by atoms with Crippen molar-refractivity contribution < 1.29 is 18.3 Å². The maximum Gasteiger partial charge on any atom is 0.323 e. The molecule has 1 atom stereocenters. The van der Waals surface area contributed by atoms with Crippen molar-refractivity contribution in [3.05, 3.63) is 23.9 Å². The molecule has 1 fully saturated rings. The lowest BCUT2D eigenvalue weighted by molar-refractivity contribution is -0.141. The quantitative estimate of drug-likeness (QED) is 0.772. The van der Waals surface area contributed by atoms with Crippen LogP contribution >= 0.6 is 0 Å². The first kappa shape index (κ1) is 13.9. The van der Waals surface area contributed by atoms with Crippen molar-refractivity contribution in [2.75, 3.05) is 19.6 Å². The van der Waals surface area contributed by atoms with Crippen LogP contribution in [-0.2, 0) is 14.8 Å². The van der Waals surface area contributed by atoms with Gasteiger partial charge in [-0.1, -0.05) is 0 Å². The van der Waals surface area contributed by atoms with E-state index in [1.165, 1.54) is 12.3 Å². The minimum atomic E-state index is -3.88. The van der Waals surface area contributed by atoms with Gasteiger partial charge >= 0.3 is 5.97 Å². The van der Waals surface area contributed by atoms with Crippen LogP contribution in [0.2, 0.25) is 0 Å². The zero-order valence-electron chi connectivity index (χ0n) is 10.4. The Morgan fingerprint density at radius 1 is 1.58 bits per heavy atom. The number of carboxylic acids is 1. The molecule has 0 bridgehead atoms. The van der Waals surface area contributed by atoms with Crippen LogP contribution in [0.3, 0.4) is 0 Å². The molecule has 0 radical (unpaired) electrons. The first-order valence-corrected chi connectivity index (χ1v) is 7.25. The number of hydrogen-bond acceptors (Lipinski definition) is 5. The molecule has 19 heavy (non-hydrogen) atoms. The fraction of sp³-hybridized carbons (Fsp3) is 0.455. The molecule has 0 spiro atoms. The van der Waals surface area contributed by atoms with Gasteiger partial charge in [0.15, 0.2) is 5.03 Å². The number of carboxylic acid groups (broad SMARTS) is 1. The van der Waals surface area contributed by atoms with E-state index in [9.17, 15) is 13.2 Å². The molecule has 1 unspecified atom stereocenters. The summed E-state index contributed by atoms with van der Waals surface area (Å²) in [6, 6.07) is 2.03. The molecule has 0 aromatic carbocycles. The molecule has 1 saturated heterocycles. The Hall–Kier alpha value is -1.51. The van der Waals surface area contributed by atoms with Crippen molar-refractivity contribution in [3.63, 3.8) is 0 Å². The molecule has 2 rings (SSSR count). The number of rotatable bonds is 3. The monoisotopic (exact) mass is 285 g/mol. The van der Waals surface area contributed by atoms with Crippen LogP contribution in [0.4, 0.5) is 0 Å². The molecule has 0 amide bonds. The van der Waals surface area contributed by atoms with Gasteiger partial charge in [0, 0.05) is 25.8 Å². The van der Waals surface area contributed by atoms with Gasteiger partial charge in [-0.3, -0.25) is 4.79 Å². The highest BCUT2D eigenvalue weighted by Gasteiger charge is 2.38. The minimum absolute atomic E-state index is 0.0976. The van der Waals surface area contributed by atoms with Gasteiger partial charge < -0.3 is 10.4 Å². The third kappa shape index (κ3) is 2.75. The second kappa shape index (κ2) is 5.24. The molecule has 1 aliphatic rings. The highest BCUT2D eigenvalue weighted by atomic mass is 32.2. The van der Waals surface area contributed by atoms with E-state index >= 15 is 0 Å². The minimum Gasteiger partial charge on any atom is -0.480 e. The Morgan fingerprint density at radius 2 is 2.32 bits per heavy atom. The predicted octanol–water partition coefficient (Wildman–Crippen LogP) is -0.563. The van der Waals surface area contributed by atoms with Crippen LogP contribution in [-0.4, -0.2) is 54.5 Å². The number of nitrogens with one attached hydrogen (secondary N) is 1. The summed E-state index contributed by atoms with van der Waals surface area (Å²) in [6.45, 7) is 2.40. The van der Waals surface area contributed by atoms with Gasteiger partial charge in [-0.2, -0.15) is 4.31 Å². The number of carbonyl (C=O) groups is 1. The summed E-state index contributed by atoms with van der Waals surface area (Å²) in [4.78, 5) is 15.0. The van der Waals surface area contributed by atoms with E-state index in [-0.39, 0.29) is 18.1 Å². The molecule has 7 nitrogen and oxygen atoms in total. The predicted molar refractivity (Wildman–Crippen MR) is 67.2 cm³/mol. The summed E-state index contributed by atoms with van der Waals surface area (Å²) in [6.07, 6.45) is 1.40. The van der Waals surface area contributed by atoms with E-state index in [1.807, 2.05) is 0 Å². The van der Waals surface area contributed by atoms with Crippen molar-refractivity contribution in [1.82, 2.24) is 14.6 Å². The molecular formula is C11H15N3O4S. The maximum absolute atomic E-state index is 12.4. The normalized spacial score (nSPS) is 21.2. The highest BCUT2D eigenvalue weighted by molar-refractivity contribution is 7.89. The van der Waals surface area contributed by atoms with Crippen LogP contribution in [0.1, 0.15) is 5.56 Å². The standard InChI is InChI=1S/C11H15N3O4S/c1-8-2-3-13-10(6-8)19(17,18)14-5-4-12-7-9(14)11(15)16/h2-3,6,9,12H,4-5,7H2,1H3,(H,15,16). The van der Waals surface area contributed by atoms with Crippen molar-refractivity contribution in [1.29, 1.82) is 0 Å². The van der Waals surface area contributed by atoms with Crippen LogP contribution in [0.5, 0.6) is 0 Å². The fourth-order valence-electron chi connectivity index (χ4n) is 1.95. The topological polar surface area (TPSA) is 99.6 Å². The average molecular weight is 285 g/mol. The number of piperazine rings is 1. The number of aryl methyl sites for hydroxylation is 1. The maximum atomic E-state index is 12.4. The van der Waals surface area contributed by atoms with Crippen molar-refractivity contribution >= 4 is 16.0 Å². The summed E-state index contributed by atoms with van der Waals surface area (Å²) in [7, 11) is -3.88. The summed E-state index contributed by atoms with van der Waals surface area (Å²) < 4.78 is 25.8. The van der Waals surface area contributed by atoms with Gasteiger partial charge in [0.2, 0.25) is 0 Å². The molecule has 2 N–H and O–H groups in total. The number of nitrogens with zero attached hydrogens (tertiary/aromatic N) is 2. The average Bonchev–Trinajstić information content (AvgIpc) is 2.38. The van der Waals surface area contributed by atoms with E-state index < -0.39 is 22.0 Å². The molecule has 1 aromatic rings. The van der Waals surface area contributed by atoms with Gasteiger partial charge in [-0.05, 0) is 24.6 Å². The van der Waals surface area contributed by atoms with Gasteiger partial charge in [-0.15, -0.1) is 0 Å². The Labute approximate surface area is 111 Å². The second-order valence-electron chi connectivity index (χ2n) is 4.35. The van der Waals surface area contributed by atoms with Crippen LogP contribution < -0.4 is 5.32 Å². The summed E-state index contributed by atoms with van der Waals surface area (Å²) in [5.41, 5.74) is 0.760. The number of aliphatic carboxylic acids is 1. The van der Waals surface area contributed by atoms with E-state index in [2.05, 4.69) is 10.3 Å². The van der Waals surface area contributed by atoms with Crippen molar-refractivity contribution in [2.24, 2.45) is 0 Å². The molecule has 0 saturated carbocycles. The number of hydrogen-bond donors (Lipinski definition) is 2. The molecule has 1 aliphatic heterocycles. The summed E-state index contributed by atoms with van der Waals surface area (Å²) in [5.74, 6) is -1.16. The third-order valence-corrected chi connectivity index (χ3v) is 4.75. The number of pyridine rings is 1. The molecule has 1 aromatic heterocycles. The number of sulfonamides is 1. The first-order chi connectivity index (χ1) is 8.93. The summed E-state index contributed by atoms with van der Waals surface area (Å²) >= 11 is 0. The number of aromatic nitrogens is 1. The Morgan fingerprint density at radius 3 is 2.95 bits per heavy atom. The second-order valence-corrected chi connectivity index (χ2v) is 6.18. The van der Waals surface area contributed by atoms with E-state index in [4.69, 9.17) is 5.11 Å². The molecule has 0 aliphatic carbocycles. The zero-order chi connectivity index (χ0) is 14.0. The Balaban J connectivity index is 2.40. The van der Waals surface area contributed by atoms with E-state index in [0.717, 1.165) is 9.87 Å². The van der Waals surface area contributed by atoms with E-state index in [0.29, 0.717) is 6.54 Å². The smallest absolute Gasteiger partial charge is 0.323 e. The molecule has 104 valence electrons. The lowest BCUT2D eigenvalue weighted by Crippen LogP contribution is -2.56. The van der Waals surface area contributed by atoms with Gasteiger partial charge in [0.25, 0.3) is 10.0 Å². The third-order valence-electron chi connectivity index (χ3n) is 2.94. The SMILES string of the molecule is Cc1ccnc(S(=O)(=O)N2CCNCC2C(=O)O)c1. The van der Waals surface area contributed by atoms with Gasteiger partial charge in [-0.25, -0.2) is 13.4 Å². The van der Waals surface area contributed by atoms with E-state index in [1.54, 1.807) is 13.0 Å². The molecule has 2 heterocycles. The van der Waals surface area contributed by atoms with Crippen LogP contribution in [0, 0.1) is 6.92 Å². The van der Waals surface area contributed by atoms with Crippen molar-refractivity contribution in [3.8, 4) is 0 Å². The van der Waals surface area contributed by atoms with Crippen molar-refractivity contribution in [2.45, 2.75) is 18.0 Å². The first-order valence-electron chi connectivity index (χ1n) is 5.81. The van der Waals surface area contributed by atoms with Gasteiger partial charge in [0.1, 0.15) is 6.04 Å². The Bertz CT molecular complexity index is 587. The molecular weight excluding hydrogens is 270 g/mol. The summed E-state index contributed by atoms with van der Waals surface area (Å²) in [5, 5.41) is 11.9.